The van der Waals surface area contributed by atoms with Gasteiger partial charge in [-0.2, -0.15) is 0 Å². The molecule has 2 saturated heterocycles. The summed E-state index contributed by atoms with van der Waals surface area (Å²) in [4.78, 5) is 33.5. The summed E-state index contributed by atoms with van der Waals surface area (Å²) >= 11 is 0. The summed E-state index contributed by atoms with van der Waals surface area (Å²) in [7, 11) is -2.98. The molecule has 9 heteroatoms. The van der Waals surface area contributed by atoms with Crippen LogP contribution in [0.25, 0.3) is 0 Å². The van der Waals surface area contributed by atoms with E-state index in [0.29, 0.717) is 51.3 Å². The fourth-order valence-corrected chi connectivity index (χ4v) is 6.10. The maximum atomic E-state index is 12.8. The highest BCUT2D eigenvalue weighted by atomic mass is 32.2. The van der Waals surface area contributed by atoms with Crippen LogP contribution in [0.5, 0.6) is 0 Å². The molecule has 2 aliphatic heterocycles. The largest absolute Gasteiger partial charge is 0.341 e. The number of carbonyl (C=O) groups excluding carboxylic acids is 2. The molecule has 0 spiro atoms. The number of hydrogen-bond donors (Lipinski definition) is 1. The molecule has 0 radical (unpaired) electrons. The Balaban J connectivity index is 1.31. The number of hydrogen-bond acceptors (Lipinski definition) is 5. The van der Waals surface area contributed by atoms with Crippen LogP contribution < -0.4 is 5.32 Å². The van der Waals surface area contributed by atoms with Gasteiger partial charge in [0.15, 0.2) is 0 Å². The van der Waals surface area contributed by atoms with E-state index in [-0.39, 0.29) is 29.4 Å². The van der Waals surface area contributed by atoms with E-state index in [1.165, 1.54) is 24.0 Å². The van der Waals surface area contributed by atoms with Crippen LogP contribution in [-0.4, -0.2) is 72.8 Å². The number of rotatable bonds is 2. The minimum atomic E-state index is -2.98. The molecular weight excluding hydrogens is 404 g/mol. The highest BCUT2D eigenvalue weighted by Gasteiger charge is 2.32. The van der Waals surface area contributed by atoms with Gasteiger partial charge in [0.05, 0.1) is 11.5 Å². The fourth-order valence-electron chi connectivity index (χ4n) is 4.61. The number of amides is 3. The van der Waals surface area contributed by atoms with Crippen LogP contribution in [0.4, 0.5) is 10.6 Å². The molecule has 0 atom stereocenters. The zero-order valence-electron chi connectivity index (χ0n) is 17.3. The molecule has 1 N–H and O–H groups in total. The summed E-state index contributed by atoms with van der Waals surface area (Å²) in [5, 5.41) is 2.91. The van der Waals surface area contributed by atoms with Crippen LogP contribution in [-0.2, 0) is 27.5 Å². The van der Waals surface area contributed by atoms with Gasteiger partial charge >= 0.3 is 6.03 Å². The van der Waals surface area contributed by atoms with E-state index in [1.807, 2.05) is 12.3 Å². The summed E-state index contributed by atoms with van der Waals surface area (Å²) in [6.07, 6.45) is 7.85. The minimum absolute atomic E-state index is 0.0310. The van der Waals surface area contributed by atoms with Gasteiger partial charge in [-0.15, -0.1) is 0 Å². The Morgan fingerprint density at radius 2 is 1.60 bits per heavy atom. The molecule has 164 valence electrons. The second-order valence-corrected chi connectivity index (χ2v) is 10.9. The van der Waals surface area contributed by atoms with Crippen LogP contribution >= 0.6 is 0 Å². The van der Waals surface area contributed by atoms with Gasteiger partial charge < -0.3 is 9.80 Å². The molecule has 3 aliphatic rings. The van der Waals surface area contributed by atoms with Gasteiger partial charge in [0, 0.05) is 38.3 Å². The lowest BCUT2D eigenvalue weighted by Gasteiger charge is -2.28. The van der Waals surface area contributed by atoms with Gasteiger partial charge in [0.1, 0.15) is 15.7 Å². The first-order chi connectivity index (χ1) is 14.4. The number of carbonyl (C=O) groups is 2. The smallest absolute Gasteiger partial charge is 0.323 e. The van der Waals surface area contributed by atoms with E-state index in [2.05, 4.69) is 10.3 Å². The Kier molecular flexibility index (Phi) is 6.26. The molecule has 0 aromatic carbocycles. The summed E-state index contributed by atoms with van der Waals surface area (Å²) in [6, 6.07) is 1.80. The summed E-state index contributed by atoms with van der Waals surface area (Å²) in [5.41, 5.74) is 2.55. The highest BCUT2D eigenvalue weighted by Crippen LogP contribution is 2.24. The third kappa shape index (κ3) is 4.94. The van der Waals surface area contributed by atoms with Crippen molar-refractivity contribution in [1.82, 2.24) is 14.8 Å². The molecule has 4 rings (SSSR count). The standard InChI is InChI=1S/C21H30N4O4S/c26-20(16-6-12-30(28,29)13-7-16)24-8-3-9-25(11-10-24)21(27)23-19-14-17-4-1-2-5-18(17)15-22-19/h14-16H,1-13H2,(H,22,23,27). The molecule has 1 aliphatic carbocycles. The average Bonchev–Trinajstić information content (AvgIpc) is 2.99. The van der Waals surface area contributed by atoms with Crippen molar-refractivity contribution in [3.8, 4) is 0 Å². The monoisotopic (exact) mass is 434 g/mol. The number of fused-ring (bicyclic) bond motifs is 1. The first kappa shape index (κ1) is 21.1. The SMILES string of the molecule is O=C(Nc1cc2c(cn1)CCCC2)N1CCCN(C(=O)C2CCS(=O)(=O)CC2)CC1. The van der Waals surface area contributed by atoms with Crippen molar-refractivity contribution in [3.63, 3.8) is 0 Å². The first-order valence-corrected chi connectivity index (χ1v) is 12.8. The third-order valence-corrected chi connectivity index (χ3v) is 8.17. The second-order valence-electron chi connectivity index (χ2n) is 8.57. The molecular formula is C21H30N4O4S. The number of nitrogens with zero attached hydrogens (tertiary/aromatic N) is 3. The highest BCUT2D eigenvalue weighted by molar-refractivity contribution is 7.91. The molecule has 1 aromatic rings. The van der Waals surface area contributed by atoms with Crippen LogP contribution in [0.3, 0.4) is 0 Å². The molecule has 2 fully saturated rings. The second kappa shape index (κ2) is 8.91. The number of sulfone groups is 1. The molecule has 8 nitrogen and oxygen atoms in total. The van der Waals surface area contributed by atoms with Crippen molar-refractivity contribution in [2.24, 2.45) is 5.92 Å². The molecule has 0 unspecified atom stereocenters. The number of urea groups is 1. The predicted molar refractivity (Wildman–Crippen MR) is 114 cm³/mol. The van der Waals surface area contributed by atoms with Crippen molar-refractivity contribution < 1.29 is 18.0 Å². The summed E-state index contributed by atoms with van der Waals surface area (Å²) < 4.78 is 23.2. The van der Waals surface area contributed by atoms with Crippen molar-refractivity contribution in [2.45, 2.75) is 44.9 Å². The topological polar surface area (TPSA) is 99.7 Å². The predicted octanol–water partition coefficient (Wildman–Crippen LogP) is 1.85. The Morgan fingerprint density at radius 3 is 2.37 bits per heavy atom. The number of pyridine rings is 1. The van der Waals surface area contributed by atoms with Crippen LogP contribution in [0.15, 0.2) is 12.3 Å². The lowest BCUT2D eigenvalue weighted by Crippen LogP contribution is -2.42. The zero-order chi connectivity index (χ0) is 21.1. The van der Waals surface area contributed by atoms with Crippen molar-refractivity contribution >= 4 is 27.6 Å². The van der Waals surface area contributed by atoms with E-state index in [0.717, 1.165) is 12.8 Å². The molecule has 30 heavy (non-hydrogen) atoms. The van der Waals surface area contributed by atoms with Crippen LogP contribution in [0.2, 0.25) is 0 Å². The Bertz CT molecular complexity index is 904. The molecule has 1 aromatic heterocycles. The molecule has 0 bridgehead atoms. The number of anilines is 1. The van der Waals surface area contributed by atoms with E-state index in [9.17, 15) is 18.0 Å². The lowest BCUT2D eigenvalue weighted by atomic mass is 9.93. The Morgan fingerprint density at radius 1 is 0.933 bits per heavy atom. The molecule has 3 amide bonds. The number of nitrogens with one attached hydrogen (secondary N) is 1. The third-order valence-electron chi connectivity index (χ3n) is 6.46. The number of aromatic nitrogens is 1. The number of aryl methyl sites for hydroxylation is 2. The van der Waals surface area contributed by atoms with Crippen molar-refractivity contribution in [3.05, 3.63) is 23.4 Å². The van der Waals surface area contributed by atoms with Gasteiger partial charge in [0.2, 0.25) is 5.91 Å². The van der Waals surface area contributed by atoms with Crippen LogP contribution in [0, 0.1) is 5.92 Å². The Hall–Kier alpha value is -2.16. The van der Waals surface area contributed by atoms with E-state index >= 15 is 0 Å². The van der Waals surface area contributed by atoms with Crippen molar-refractivity contribution in [2.75, 3.05) is 43.0 Å². The van der Waals surface area contributed by atoms with Gasteiger partial charge in [-0.25, -0.2) is 18.2 Å². The quantitative estimate of drug-likeness (QED) is 0.766. The molecule has 0 saturated carbocycles. The van der Waals surface area contributed by atoms with Crippen molar-refractivity contribution in [1.29, 1.82) is 0 Å². The van der Waals surface area contributed by atoms with Gasteiger partial charge in [-0.05, 0) is 62.1 Å². The normalized spacial score (nSPS) is 22.1. The van der Waals surface area contributed by atoms with Crippen LogP contribution in [0.1, 0.15) is 43.2 Å². The fraction of sp³-hybridized carbons (Fsp3) is 0.667. The van der Waals surface area contributed by atoms with Gasteiger partial charge in [0.25, 0.3) is 0 Å². The molecule has 3 heterocycles. The average molecular weight is 435 g/mol. The Labute approximate surface area is 177 Å². The first-order valence-electron chi connectivity index (χ1n) is 10.9. The summed E-state index contributed by atoms with van der Waals surface area (Å²) in [5.74, 6) is 0.595. The lowest BCUT2D eigenvalue weighted by molar-refractivity contribution is -0.135. The summed E-state index contributed by atoms with van der Waals surface area (Å²) in [6.45, 7) is 2.13. The van der Waals surface area contributed by atoms with E-state index < -0.39 is 9.84 Å². The van der Waals surface area contributed by atoms with E-state index in [1.54, 1.807) is 9.80 Å². The maximum Gasteiger partial charge on any atom is 0.323 e. The van der Waals surface area contributed by atoms with Gasteiger partial charge in [-0.1, -0.05) is 0 Å². The van der Waals surface area contributed by atoms with Gasteiger partial charge in [-0.3, -0.25) is 10.1 Å². The zero-order valence-corrected chi connectivity index (χ0v) is 18.1. The minimum Gasteiger partial charge on any atom is -0.341 e. The maximum absolute atomic E-state index is 12.8. The van der Waals surface area contributed by atoms with E-state index in [4.69, 9.17) is 0 Å².